The number of nitrogens with one attached hydrogen (secondary N) is 1. The number of carbonyl (C=O) groups excluding carboxylic acids is 1. The SMILES string of the molecule is Cc1ccccc1-c1nnc(SCC(=O)Nc2ccc(I)cc2C(C)C)n1C. The van der Waals surface area contributed by atoms with Gasteiger partial charge < -0.3 is 9.88 Å². The van der Waals surface area contributed by atoms with Gasteiger partial charge in [0.1, 0.15) is 0 Å². The van der Waals surface area contributed by atoms with Crippen LogP contribution in [0.25, 0.3) is 11.4 Å². The smallest absolute Gasteiger partial charge is 0.234 e. The Labute approximate surface area is 183 Å². The Morgan fingerprint density at radius 3 is 2.68 bits per heavy atom. The highest BCUT2D eigenvalue weighted by Gasteiger charge is 2.15. The van der Waals surface area contributed by atoms with Crippen molar-refractivity contribution in [2.75, 3.05) is 11.1 Å². The number of hydrogen-bond donors (Lipinski definition) is 1. The van der Waals surface area contributed by atoms with E-state index in [1.807, 2.05) is 41.9 Å². The van der Waals surface area contributed by atoms with E-state index in [1.165, 1.54) is 11.8 Å². The van der Waals surface area contributed by atoms with E-state index in [4.69, 9.17) is 0 Å². The van der Waals surface area contributed by atoms with Crippen LogP contribution in [0.2, 0.25) is 0 Å². The summed E-state index contributed by atoms with van der Waals surface area (Å²) in [6, 6.07) is 14.2. The van der Waals surface area contributed by atoms with Gasteiger partial charge >= 0.3 is 0 Å². The van der Waals surface area contributed by atoms with E-state index in [0.29, 0.717) is 5.92 Å². The predicted molar refractivity (Wildman–Crippen MR) is 124 cm³/mol. The number of anilines is 1. The monoisotopic (exact) mass is 506 g/mol. The molecule has 0 atom stereocenters. The number of hydrogen-bond acceptors (Lipinski definition) is 4. The van der Waals surface area contributed by atoms with Crippen LogP contribution in [-0.2, 0) is 11.8 Å². The number of aryl methyl sites for hydroxylation is 1. The fraction of sp³-hybridized carbons (Fsp3) is 0.286. The van der Waals surface area contributed by atoms with Crippen molar-refractivity contribution in [2.24, 2.45) is 7.05 Å². The molecular formula is C21H23IN4OS. The molecule has 0 aliphatic carbocycles. The van der Waals surface area contributed by atoms with Gasteiger partial charge in [0.15, 0.2) is 11.0 Å². The number of rotatable bonds is 6. The Balaban J connectivity index is 1.69. The highest BCUT2D eigenvalue weighted by molar-refractivity contribution is 14.1. The Hall–Kier alpha value is -1.87. The van der Waals surface area contributed by atoms with Crippen molar-refractivity contribution in [3.63, 3.8) is 0 Å². The Kier molecular flexibility index (Phi) is 6.77. The van der Waals surface area contributed by atoms with Gasteiger partial charge in [-0.05, 0) is 64.8 Å². The van der Waals surface area contributed by atoms with Gasteiger partial charge in [0.2, 0.25) is 5.91 Å². The highest BCUT2D eigenvalue weighted by Crippen LogP contribution is 2.28. The summed E-state index contributed by atoms with van der Waals surface area (Å²) < 4.78 is 3.10. The van der Waals surface area contributed by atoms with Crippen molar-refractivity contribution in [1.82, 2.24) is 14.8 Å². The van der Waals surface area contributed by atoms with Gasteiger partial charge in [-0.1, -0.05) is 49.9 Å². The van der Waals surface area contributed by atoms with Gasteiger partial charge in [-0.25, -0.2) is 0 Å². The summed E-state index contributed by atoms with van der Waals surface area (Å²) in [5.74, 6) is 1.38. The summed E-state index contributed by atoms with van der Waals surface area (Å²) in [6.45, 7) is 6.31. The van der Waals surface area contributed by atoms with Crippen LogP contribution in [0.4, 0.5) is 5.69 Å². The molecule has 0 saturated carbocycles. The lowest BCUT2D eigenvalue weighted by atomic mass is 10.0. The van der Waals surface area contributed by atoms with Crippen LogP contribution in [0.3, 0.4) is 0 Å². The molecule has 0 saturated heterocycles. The molecule has 0 aliphatic rings. The van der Waals surface area contributed by atoms with Gasteiger partial charge in [-0.3, -0.25) is 4.79 Å². The van der Waals surface area contributed by atoms with Crippen LogP contribution in [0.15, 0.2) is 47.6 Å². The lowest BCUT2D eigenvalue weighted by molar-refractivity contribution is -0.113. The van der Waals surface area contributed by atoms with E-state index in [-0.39, 0.29) is 11.7 Å². The molecule has 0 unspecified atom stereocenters. The Morgan fingerprint density at radius 2 is 1.96 bits per heavy atom. The Bertz CT molecular complexity index is 1000. The summed E-state index contributed by atoms with van der Waals surface area (Å²) in [5.41, 5.74) is 4.21. The summed E-state index contributed by atoms with van der Waals surface area (Å²) in [5, 5.41) is 12.3. The second-order valence-electron chi connectivity index (χ2n) is 6.90. The number of nitrogens with zero attached hydrogens (tertiary/aromatic N) is 3. The largest absolute Gasteiger partial charge is 0.325 e. The Morgan fingerprint density at radius 1 is 1.21 bits per heavy atom. The van der Waals surface area contributed by atoms with Gasteiger partial charge in [0.25, 0.3) is 0 Å². The number of thioether (sulfide) groups is 1. The topological polar surface area (TPSA) is 59.8 Å². The van der Waals surface area contributed by atoms with Crippen molar-refractivity contribution < 1.29 is 4.79 Å². The molecule has 28 heavy (non-hydrogen) atoms. The predicted octanol–water partition coefficient (Wildman–Crippen LogP) is 5.25. The van der Waals surface area contributed by atoms with Crippen LogP contribution in [-0.4, -0.2) is 26.4 Å². The summed E-state index contributed by atoms with van der Waals surface area (Å²) >= 11 is 3.68. The van der Waals surface area contributed by atoms with Gasteiger partial charge in [-0.15, -0.1) is 10.2 Å². The summed E-state index contributed by atoms with van der Waals surface area (Å²) in [4.78, 5) is 12.5. The summed E-state index contributed by atoms with van der Waals surface area (Å²) in [7, 11) is 1.93. The fourth-order valence-corrected chi connectivity index (χ4v) is 4.17. The third kappa shape index (κ3) is 4.75. The van der Waals surface area contributed by atoms with E-state index < -0.39 is 0 Å². The second-order valence-corrected chi connectivity index (χ2v) is 9.09. The number of benzene rings is 2. The quantitative estimate of drug-likeness (QED) is 0.367. The number of amides is 1. The molecule has 0 bridgehead atoms. The highest BCUT2D eigenvalue weighted by atomic mass is 127. The number of aromatic nitrogens is 3. The van der Waals surface area contributed by atoms with Crippen molar-refractivity contribution in [2.45, 2.75) is 31.8 Å². The van der Waals surface area contributed by atoms with Crippen molar-refractivity contribution in [3.8, 4) is 11.4 Å². The van der Waals surface area contributed by atoms with Crippen molar-refractivity contribution in [1.29, 1.82) is 0 Å². The zero-order chi connectivity index (χ0) is 20.3. The summed E-state index contributed by atoms with van der Waals surface area (Å²) in [6.07, 6.45) is 0. The first-order valence-electron chi connectivity index (χ1n) is 9.04. The van der Waals surface area contributed by atoms with Crippen LogP contribution in [0.1, 0.15) is 30.9 Å². The first-order chi connectivity index (χ1) is 13.4. The molecular weight excluding hydrogens is 483 g/mol. The third-order valence-electron chi connectivity index (χ3n) is 4.46. The van der Waals surface area contributed by atoms with Gasteiger partial charge in [0, 0.05) is 21.9 Å². The third-order valence-corrected chi connectivity index (χ3v) is 6.15. The number of halogens is 1. The maximum atomic E-state index is 12.5. The molecule has 3 aromatic rings. The van der Waals surface area contributed by atoms with Gasteiger partial charge in [-0.2, -0.15) is 0 Å². The lowest BCUT2D eigenvalue weighted by Gasteiger charge is -2.14. The molecule has 1 N–H and O–H groups in total. The molecule has 0 fully saturated rings. The zero-order valence-corrected chi connectivity index (χ0v) is 19.3. The molecule has 146 valence electrons. The zero-order valence-electron chi connectivity index (χ0n) is 16.4. The van der Waals surface area contributed by atoms with Crippen LogP contribution >= 0.6 is 34.4 Å². The molecule has 3 rings (SSSR count). The molecule has 1 aromatic heterocycles. The average molecular weight is 506 g/mol. The molecule has 5 nitrogen and oxygen atoms in total. The number of carbonyl (C=O) groups is 1. The van der Waals surface area contributed by atoms with Gasteiger partial charge in [0.05, 0.1) is 5.75 Å². The van der Waals surface area contributed by atoms with E-state index in [1.54, 1.807) is 0 Å². The molecule has 1 amide bonds. The average Bonchev–Trinajstić information content (AvgIpc) is 3.02. The molecule has 2 aromatic carbocycles. The van der Waals surface area contributed by atoms with Crippen molar-refractivity contribution >= 4 is 45.9 Å². The van der Waals surface area contributed by atoms with Crippen LogP contribution in [0, 0.1) is 10.5 Å². The first kappa shape index (κ1) is 20.9. The van der Waals surface area contributed by atoms with Crippen LogP contribution < -0.4 is 5.32 Å². The minimum Gasteiger partial charge on any atom is -0.325 e. The normalized spacial score (nSPS) is 11.1. The molecule has 0 aliphatic heterocycles. The van der Waals surface area contributed by atoms with E-state index >= 15 is 0 Å². The maximum absolute atomic E-state index is 12.5. The first-order valence-corrected chi connectivity index (χ1v) is 11.1. The second kappa shape index (κ2) is 9.09. The molecule has 1 heterocycles. The fourth-order valence-electron chi connectivity index (χ4n) is 2.94. The lowest BCUT2D eigenvalue weighted by Crippen LogP contribution is -2.16. The minimum atomic E-state index is -0.0476. The van der Waals surface area contributed by atoms with Crippen molar-refractivity contribution in [3.05, 3.63) is 57.2 Å². The van der Waals surface area contributed by atoms with E-state index in [0.717, 1.165) is 36.9 Å². The maximum Gasteiger partial charge on any atom is 0.234 e. The molecule has 0 spiro atoms. The standard InChI is InChI=1S/C21H23IN4OS/c1-13(2)17-11-15(22)9-10-18(17)23-19(27)12-28-21-25-24-20(26(21)4)16-8-6-5-7-14(16)3/h5-11,13H,12H2,1-4H3,(H,23,27). The molecule has 0 radical (unpaired) electrons. The van der Waals surface area contributed by atoms with E-state index in [2.05, 4.69) is 71.0 Å². The molecule has 7 heteroatoms. The minimum absolute atomic E-state index is 0.0476. The van der Waals surface area contributed by atoms with Crippen LogP contribution in [0.5, 0.6) is 0 Å². The van der Waals surface area contributed by atoms with E-state index in [9.17, 15) is 4.79 Å².